The highest BCUT2D eigenvalue weighted by Gasteiger charge is 2.08. The lowest BCUT2D eigenvalue weighted by Gasteiger charge is -2.05. The number of nitrogens with one attached hydrogen (secondary N) is 2. The van der Waals surface area contributed by atoms with Gasteiger partial charge in [0.1, 0.15) is 0 Å². The van der Waals surface area contributed by atoms with Crippen LogP contribution in [0.15, 0.2) is 66.3 Å². The zero-order valence-corrected chi connectivity index (χ0v) is 13.9. The van der Waals surface area contributed by atoms with Gasteiger partial charge in [-0.25, -0.2) is 4.98 Å². The van der Waals surface area contributed by atoms with Crippen LogP contribution in [-0.4, -0.2) is 15.9 Å². The SMILES string of the molecule is O=C(Nc1cccc(C#Cc2cccs2)c1)c1ccc2nc[nH]c2c1. The Bertz CT molecular complexity index is 1100. The standard InChI is InChI=1S/C20H13N3OS/c24-20(15-7-9-18-19(12-15)22-13-21-18)23-16-4-1-3-14(11-16)6-8-17-5-2-10-25-17/h1-5,7,9-13H,(H,21,22)(H,23,24). The number of nitrogens with zero attached hydrogens (tertiary/aromatic N) is 1. The normalized spacial score (nSPS) is 10.2. The summed E-state index contributed by atoms with van der Waals surface area (Å²) in [6, 6.07) is 16.9. The molecular formula is C20H13N3OS. The van der Waals surface area contributed by atoms with Crippen molar-refractivity contribution in [2.24, 2.45) is 0 Å². The molecule has 0 radical (unpaired) electrons. The Morgan fingerprint density at radius 1 is 1.08 bits per heavy atom. The topological polar surface area (TPSA) is 57.8 Å². The largest absolute Gasteiger partial charge is 0.345 e. The van der Waals surface area contributed by atoms with Crippen molar-refractivity contribution in [3.63, 3.8) is 0 Å². The van der Waals surface area contributed by atoms with Crippen LogP contribution in [0.25, 0.3) is 11.0 Å². The van der Waals surface area contributed by atoms with E-state index in [4.69, 9.17) is 0 Å². The Morgan fingerprint density at radius 2 is 2.04 bits per heavy atom. The van der Waals surface area contributed by atoms with Crippen LogP contribution in [-0.2, 0) is 0 Å². The van der Waals surface area contributed by atoms with Gasteiger partial charge in [0.25, 0.3) is 5.91 Å². The summed E-state index contributed by atoms with van der Waals surface area (Å²) in [7, 11) is 0. The van der Waals surface area contributed by atoms with E-state index < -0.39 is 0 Å². The number of carbonyl (C=O) groups is 1. The van der Waals surface area contributed by atoms with Crippen molar-refractivity contribution in [3.8, 4) is 11.8 Å². The molecule has 4 aromatic rings. The number of imidazole rings is 1. The molecule has 1 amide bonds. The van der Waals surface area contributed by atoms with Crippen LogP contribution in [0.2, 0.25) is 0 Å². The number of rotatable bonds is 2. The Labute approximate surface area is 148 Å². The van der Waals surface area contributed by atoms with E-state index in [2.05, 4.69) is 27.1 Å². The first-order valence-electron chi connectivity index (χ1n) is 7.68. The van der Waals surface area contributed by atoms with E-state index in [1.807, 2.05) is 47.8 Å². The van der Waals surface area contributed by atoms with E-state index in [0.717, 1.165) is 21.5 Å². The fourth-order valence-electron chi connectivity index (χ4n) is 2.44. The number of fused-ring (bicyclic) bond motifs is 1. The second kappa shape index (κ2) is 6.63. The van der Waals surface area contributed by atoms with Gasteiger partial charge in [-0.1, -0.05) is 24.0 Å². The predicted octanol–water partition coefficient (Wildman–Crippen LogP) is 4.28. The minimum atomic E-state index is -0.167. The third-order valence-electron chi connectivity index (χ3n) is 3.65. The van der Waals surface area contributed by atoms with E-state index in [-0.39, 0.29) is 5.91 Å². The number of carbonyl (C=O) groups excluding carboxylic acids is 1. The number of H-pyrrole nitrogens is 1. The van der Waals surface area contributed by atoms with Crippen molar-refractivity contribution in [3.05, 3.63) is 82.3 Å². The minimum Gasteiger partial charge on any atom is -0.345 e. The van der Waals surface area contributed by atoms with Gasteiger partial charge in [-0.05, 0) is 47.8 Å². The molecule has 2 heterocycles. The van der Waals surface area contributed by atoms with Crippen LogP contribution in [0.1, 0.15) is 20.8 Å². The molecule has 0 aliphatic rings. The number of thiophene rings is 1. The molecule has 0 atom stereocenters. The molecule has 2 aromatic heterocycles. The molecule has 2 aromatic carbocycles. The maximum Gasteiger partial charge on any atom is 0.255 e. The van der Waals surface area contributed by atoms with Gasteiger partial charge in [0.05, 0.1) is 22.2 Å². The summed E-state index contributed by atoms with van der Waals surface area (Å²) in [6.07, 6.45) is 1.61. The highest BCUT2D eigenvalue weighted by atomic mass is 32.1. The average Bonchev–Trinajstić information content (AvgIpc) is 3.31. The van der Waals surface area contributed by atoms with E-state index in [1.165, 1.54) is 0 Å². The van der Waals surface area contributed by atoms with Gasteiger partial charge in [-0.2, -0.15) is 0 Å². The number of anilines is 1. The molecule has 0 unspecified atom stereocenters. The monoisotopic (exact) mass is 343 g/mol. The van der Waals surface area contributed by atoms with Crippen LogP contribution in [0.5, 0.6) is 0 Å². The molecule has 0 aliphatic heterocycles. The molecule has 0 fully saturated rings. The van der Waals surface area contributed by atoms with Gasteiger partial charge in [-0.3, -0.25) is 4.79 Å². The van der Waals surface area contributed by atoms with Crippen LogP contribution in [0.3, 0.4) is 0 Å². The van der Waals surface area contributed by atoms with Gasteiger partial charge < -0.3 is 10.3 Å². The number of aromatic amines is 1. The Morgan fingerprint density at radius 3 is 2.92 bits per heavy atom. The second-order valence-corrected chi connectivity index (χ2v) is 6.34. The van der Waals surface area contributed by atoms with Gasteiger partial charge in [0, 0.05) is 16.8 Å². The molecule has 2 N–H and O–H groups in total. The van der Waals surface area contributed by atoms with Crippen molar-refractivity contribution in [2.45, 2.75) is 0 Å². The van der Waals surface area contributed by atoms with Gasteiger partial charge in [0.15, 0.2) is 0 Å². The van der Waals surface area contributed by atoms with Crippen LogP contribution in [0, 0.1) is 11.8 Å². The minimum absolute atomic E-state index is 0.167. The number of hydrogen-bond donors (Lipinski definition) is 2. The first-order chi connectivity index (χ1) is 12.3. The van der Waals surface area contributed by atoms with Gasteiger partial charge >= 0.3 is 0 Å². The average molecular weight is 343 g/mol. The van der Waals surface area contributed by atoms with Gasteiger partial charge in [-0.15, -0.1) is 11.3 Å². The molecule has 0 bridgehead atoms. The van der Waals surface area contributed by atoms with Crippen molar-refractivity contribution in [2.75, 3.05) is 5.32 Å². The number of aromatic nitrogens is 2. The van der Waals surface area contributed by atoms with Crippen LogP contribution in [0.4, 0.5) is 5.69 Å². The Hall–Kier alpha value is -3.36. The third-order valence-corrected chi connectivity index (χ3v) is 4.44. The molecule has 25 heavy (non-hydrogen) atoms. The zero-order valence-electron chi connectivity index (χ0n) is 13.1. The van der Waals surface area contributed by atoms with E-state index >= 15 is 0 Å². The lowest BCUT2D eigenvalue weighted by Crippen LogP contribution is -2.11. The van der Waals surface area contributed by atoms with Crippen molar-refractivity contribution in [1.29, 1.82) is 0 Å². The van der Waals surface area contributed by atoms with Crippen molar-refractivity contribution >= 4 is 34.0 Å². The number of amides is 1. The predicted molar refractivity (Wildman–Crippen MR) is 101 cm³/mol. The fraction of sp³-hybridized carbons (Fsp3) is 0. The Balaban J connectivity index is 1.53. The Kier molecular flexibility index (Phi) is 4.03. The molecule has 0 saturated carbocycles. The highest BCUT2D eigenvalue weighted by Crippen LogP contribution is 2.15. The quantitative estimate of drug-likeness (QED) is 0.534. The first-order valence-corrected chi connectivity index (χ1v) is 8.56. The van der Waals surface area contributed by atoms with E-state index in [9.17, 15) is 4.79 Å². The number of hydrogen-bond acceptors (Lipinski definition) is 3. The van der Waals surface area contributed by atoms with E-state index in [0.29, 0.717) is 11.3 Å². The summed E-state index contributed by atoms with van der Waals surface area (Å²) in [5.74, 6) is 6.07. The summed E-state index contributed by atoms with van der Waals surface area (Å²) in [6.45, 7) is 0. The maximum absolute atomic E-state index is 12.5. The van der Waals surface area contributed by atoms with Gasteiger partial charge in [0.2, 0.25) is 0 Å². The number of benzene rings is 2. The van der Waals surface area contributed by atoms with Crippen molar-refractivity contribution < 1.29 is 4.79 Å². The summed E-state index contributed by atoms with van der Waals surface area (Å²) >= 11 is 1.60. The summed E-state index contributed by atoms with van der Waals surface area (Å²) in [5.41, 5.74) is 3.82. The smallest absolute Gasteiger partial charge is 0.255 e. The molecule has 120 valence electrons. The van der Waals surface area contributed by atoms with Crippen molar-refractivity contribution in [1.82, 2.24) is 9.97 Å². The maximum atomic E-state index is 12.5. The molecule has 5 heteroatoms. The molecule has 4 rings (SSSR count). The highest BCUT2D eigenvalue weighted by molar-refractivity contribution is 7.10. The molecule has 0 spiro atoms. The molecule has 0 saturated heterocycles. The summed E-state index contributed by atoms with van der Waals surface area (Å²) in [5, 5.41) is 4.91. The fourth-order valence-corrected chi connectivity index (χ4v) is 3.01. The molecular weight excluding hydrogens is 330 g/mol. The molecule has 0 aliphatic carbocycles. The summed E-state index contributed by atoms with van der Waals surface area (Å²) < 4.78 is 0. The lowest BCUT2D eigenvalue weighted by molar-refractivity contribution is 0.102. The first kappa shape index (κ1) is 15.2. The summed E-state index contributed by atoms with van der Waals surface area (Å²) in [4.78, 5) is 20.6. The van der Waals surface area contributed by atoms with Crippen LogP contribution < -0.4 is 5.32 Å². The second-order valence-electron chi connectivity index (χ2n) is 5.40. The van der Waals surface area contributed by atoms with Crippen LogP contribution >= 0.6 is 11.3 Å². The molecule has 4 nitrogen and oxygen atoms in total. The van der Waals surface area contributed by atoms with E-state index in [1.54, 1.807) is 29.8 Å². The zero-order chi connectivity index (χ0) is 17.1. The third kappa shape index (κ3) is 3.44. The lowest BCUT2D eigenvalue weighted by atomic mass is 10.1.